The Kier molecular flexibility index (Phi) is 10.3. The number of hydrogen-bond donors (Lipinski definition) is 2. The van der Waals surface area contributed by atoms with Crippen molar-refractivity contribution in [2.75, 3.05) is 19.8 Å². The molecule has 0 atom stereocenters. The van der Waals surface area contributed by atoms with Crippen molar-refractivity contribution in [2.45, 2.75) is 56.3 Å². The van der Waals surface area contributed by atoms with Crippen molar-refractivity contribution in [1.82, 2.24) is 25.4 Å². The Morgan fingerprint density at radius 3 is 2.70 bits per heavy atom. The summed E-state index contributed by atoms with van der Waals surface area (Å²) in [4.78, 5) is 4.14. The summed E-state index contributed by atoms with van der Waals surface area (Å²) in [6, 6.07) is 3.95. The van der Waals surface area contributed by atoms with Crippen LogP contribution in [-0.2, 0) is 13.0 Å². The minimum Gasteiger partial charge on any atom is -0.356 e. The fourth-order valence-corrected chi connectivity index (χ4v) is 4.25. The number of rotatable bonds is 8. The summed E-state index contributed by atoms with van der Waals surface area (Å²) in [5.41, 5.74) is 0.266. The summed E-state index contributed by atoms with van der Waals surface area (Å²) in [5, 5.41) is 16.0. The summed E-state index contributed by atoms with van der Waals surface area (Å²) in [6.07, 6.45) is 8.67. The van der Waals surface area contributed by atoms with Gasteiger partial charge in [0.05, 0.1) is 0 Å². The van der Waals surface area contributed by atoms with E-state index in [0.29, 0.717) is 18.5 Å². The summed E-state index contributed by atoms with van der Waals surface area (Å²) >= 11 is 1.64. The van der Waals surface area contributed by atoms with Crippen LogP contribution >= 0.6 is 35.7 Å². The van der Waals surface area contributed by atoms with Gasteiger partial charge >= 0.3 is 0 Å². The Hall–Kier alpha value is -1.43. The number of aromatic nitrogens is 3. The molecule has 0 aliphatic heterocycles. The molecule has 1 aromatic heterocycles. The van der Waals surface area contributed by atoms with Crippen molar-refractivity contribution < 1.29 is 8.78 Å². The maximum Gasteiger partial charge on any atom is 0.191 e. The Balaban J connectivity index is 0.00000320. The molecule has 0 amide bonds. The van der Waals surface area contributed by atoms with E-state index < -0.39 is 11.6 Å². The molecule has 1 heterocycles. The van der Waals surface area contributed by atoms with Gasteiger partial charge in [0.2, 0.25) is 0 Å². The minimum atomic E-state index is -0.456. The molecule has 0 unspecified atom stereocenters. The molecule has 30 heavy (non-hydrogen) atoms. The molecular formula is C20H29F2IN6S. The highest BCUT2D eigenvalue weighted by Gasteiger charge is 2.23. The van der Waals surface area contributed by atoms with Crippen LogP contribution in [0.4, 0.5) is 8.78 Å². The Morgan fingerprint density at radius 1 is 1.23 bits per heavy atom. The standard InChI is InChI=1S/C20H28F2N6S.HI/c1-23-19(25-13-14-12-15(21)9-10-17(14)22)24-11-5-8-18-26-27-20(29-2)28(18)16-6-3-4-7-16;/h9-10,12,16H,3-8,11,13H2,1-2H3,(H2,23,24,25);1H. The first-order valence-corrected chi connectivity index (χ1v) is 11.2. The van der Waals surface area contributed by atoms with E-state index in [9.17, 15) is 8.78 Å². The second-order valence-electron chi connectivity index (χ2n) is 7.10. The molecule has 2 N–H and O–H groups in total. The predicted molar refractivity (Wildman–Crippen MR) is 128 cm³/mol. The number of nitrogens with one attached hydrogen (secondary N) is 2. The van der Waals surface area contributed by atoms with Crippen LogP contribution in [-0.4, -0.2) is 40.6 Å². The molecule has 1 saturated carbocycles. The van der Waals surface area contributed by atoms with E-state index in [4.69, 9.17) is 0 Å². The van der Waals surface area contributed by atoms with E-state index in [1.807, 2.05) is 6.26 Å². The SMILES string of the molecule is CN=C(NCCCc1nnc(SC)n1C1CCCC1)NCc1cc(F)ccc1F.I. The van der Waals surface area contributed by atoms with Crippen LogP contribution in [0.2, 0.25) is 0 Å². The van der Waals surface area contributed by atoms with Crippen LogP contribution in [0.3, 0.4) is 0 Å². The molecule has 166 valence electrons. The fourth-order valence-electron chi connectivity index (χ4n) is 3.68. The number of aliphatic imine (C=N–C) groups is 1. The topological polar surface area (TPSA) is 67.1 Å². The minimum absolute atomic E-state index is 0. The normalized spacial score (nSPS) is 14.6. The number of guanidine groups is 1. The van der Waals surface area contributed by atoms with Gasteiger partial charge in [0.25, 0.3) is 0 Å². The summed E-state index contributed by atoms with van der Waals surface area (Å²) in [6.45, 7) is 0.855. The first-order chi connectivity index (χ1) is 14.1. The largest absolute Gasteiger partial charge is 0.356 e. The van der Waals surface area contributed by atoms with Crippen LogP contribution in [0.1, 0.15) is 49.5 Å². The molecule has 6 nitrogen and oxygen atoms in total. The van der Waals surface area contributed by atoms with Gasteiger partial charge in [-0.3, -0.25) is 4.99 Å². The highest BCUT2D eigenvalue weighted by molar-refractivity contribution is 14.0. The fraction of sp³-hybridized carbons (Fsp3) is 0.550. The van der Waals surface area contributed by atoms with Crippen LogP contribution in [0.5, 0.6) is 0 Å². The summed E-state index contributed by atoms with van der Waals surface area (Å²) < 4.78 is 29.3. The zero-order valence-corrected chi connectivity index (χ0v) is 20.5. The van der Waals surface area contributed by atoms with E-state index in [1.165, 1.54) is 31.7 Å². The zero-order chi connectivity index (χ0) is 20.6. The van der Waals surface area contributed by atoms with E-state index in [2.05, 4.69) is 30.4 Å². The molecule has 0 spiro atoms. The third-order valence-electron chi connectivity index (χ3n) is 5.15. The predicted octanol–water partition coefficient (Wildman–Crippen LogP) is 4.31. The van der Waals surface area contributed by atoms with Crippen molar-refractivity contribution in [3.8, 4) is 0 Å². The number of thioether (sulfide) groups is 1. The van der Waals surface area contributed by atoms with E-state index in [0.717, 1.165) is 36.0 Å². The van der Waals surface area contributed by atoms with Crippen LogP contribution in [0, 0.1) is 11.6 Å². The number of hydrogen-bond acceptors (Lipinski definition) is 4. The quantitative estimate of drug-likeness (QED) is 0.169. The average Bonchev–Trinajstić information content (AvgIpc) is 3.39. The second-order valence-corrected chi connectivity index (χ2v) is 7.88. The molecule has 10 heteroatoms. The van der Waals surface area contributed by atoms with Gasteiger partial charge < -0.3 is 15.2 Å². The Morgan fingerprint density at radius 2 is 2.00 bits per heavy atom. The molecule has 1 aromatic carbocycles. The Labute approximate surface area is 197 Å². The van der Waals surface area contributed by atoms with Gasteiger partial charge in [0.15, 0.2) is 11.1 Å². The highest BCUT2D eigenvalue weighted by atomic mass is 127. The third-order valence-corrected chi connectivity index (χ3v) is 5.80. The molecule has 3 rings (SSSR count). The third kappa shape index (κ3) is 6.53. The van der Waals surface area contributed by atoms with Crippen molar-refractivity contribution in [1.29, 1.82) is 0 Å². The lowest BCUT2D eigenvalue weighted by atomic mass is 10.2. The van der Waals surface area contributed by atoms with Crippen LogP contribution in [0.15, 0.2) is 28.3 Å². The lowest BCUT2D eigenvalue weighted by Gasteiger charge is -2.16. The smallest absolute Gasteiger partial charge is 0.191 e. The first kappa shape index (κ1) is 24.8. The molecule has 1 aliphatic rings. The van der Waals surface area contributed by atoms with Gasteiger partial charge in [-0.1, -0.05) is 24.6 Å². The van der Waals surface area contributed by atoms with Gasteiger partial charge in [0, 0.05) is 38.2 Å². The van der Waals surface area contributed by atoms with Gasteiger partial charge in [-0.15, -0.1) is 34.2 Å². The van der Waals surface area contributed by atoms with Crippen LogP contribution < -0.4 is 10.6 Å². The summed E-state index contributed by atoms with van der Waals surface area (Å²) in [7, 11) is 1.65. The van der Waals surface area contributed by atoms with Crippen molar-refractivity contribution in [3.63, 3.8) is 0 Å². The van der Waals surface area contributed by atoms with E-state index in [1.54, 1.807) is 18.8 Å². The number of aryl methyl sites for hydroxylation is 1. The van der Waals surface area contributed by atoms with E-state index in [-0.39, 0.29) is 36.1 Å². The lowest BCUT2D eigenvalue weighted by Crippen LogP contribution is -2.37. The van der Waals surface area contributed by atoms with Gasteiger partial charge in [-0.2, -0.15) is 0 Å². The second kappa shape index (κ2) is 12.4. The van der Waals surface area contributed by atoms with Gasteiger partial charge in [0.1, 0.15) is 17.5 Å². The molecule has 0 saturated heterocycles. The van der Waals surface area contributed by atoms with Gasteiger partial charge in [-0.25, -0.2) is 8.78 Å². The highest BCUT2D eigenvalue weighted by Crippen LogP contribution is 2.33. The first-order valence-electron chi connectivity index (χ1n) is 9.98. The van der Waals surface area contributed by atoms with Crippen molar-refractivity contribution in [2.24, 2.45) is 4.99 Å². The monoisotopic (exact) mass is 550 g/mol. The molecule has 2 aromatic rings. The van der Waals surface area contributed by atoms with Crippen LogP contribution in [0.25, 0.3) is 0 Å². The molecule has 1 aliphatic carbocycles. The summed E-state index contributed by atoms with van der Waals surface area (Å²) in [5.74, 6) is 0.691. The molecule has 0 radical (unpaired) electrons. The Bertz CT molecular complexity index is 839. The van der Waals surface area contributed by atoms with Crippen molar-refractivity contribution >= 4 is 41.7 Å². The zero-order valence-electron chi connectivity index (χ0n) is 17.3. The number of nitrogens with zero attached hydrogens (tertiary/aromatic N) is 4. The number of benzene rings is 1. The van der Waals surface area contributed by atoms with E-state index >= 15 is 0 Å². The maximum atomic E-state index is 13.7. The molecular weight excluding hydrogens is 521 g/mol. The average molecular weight is 550 g/mol. The lowest BCUT2D eigenvalue weighted by molar-refractivity contribution is 0.460. The molecule has 0 bridgehead atoms. The number of halogens is 3. The van der Waals surface area contributed by atoms with Crippen molar-refractivity contribution in [3.05, 3.63) is 41.2 Å². The maximum absolute atomic E-state index is 13.7. The van der Waals surface area contributed by atoms with Gasteiger partial charge in [-0.05, 0) is 43.7 Å². The molecule has 1 fully saturated rings.